The lowest BCUT2D eigenvalue weighted by molar-refractivity contribution is 0.0697. The Morgan fingerprint density at radius 3 is 2.54 bits per heavy atom. The van der Waals surface area contributed by atoms with Gasteiger partial charge in [0.2, 0.25) is 10.0 Å². The second-order valence-electron chi connectivity index (χ2n) is 9.14. The standard InChI is InChI=1S/C26H34N2O6S/c1-5-6-20-9-12-25-23(13-20)34-24(18(2)14-28(19(3)17-29)35(25,32)33)16-27(4)15-21-7-10-22(11-8-21)26(30)31/h5-13,18-19,24,29H,14-17H2,1-4H3,(H,30,31)/t18-,19+,24+/m0/s1. The van der Waals surface area contributed by atoms with Crippen LogP contribution in [0.4, 0.5) is 0 Å². The van der Waals surface area contributed by atoms with Gasteiger partial charge in [-0.25, -0.2) is 13.2 Å². The van der Waals surface area contributed by atoms with Gasteiger partial charge >= 0.3 is 5.97 Å². The van der Waals surface area contributed by atoms with Crippen molar-refractivity contribution >= 4 is 22.1 Å². The normalized spacial score (nSPS) is 21.2. The number of ether oxygens (including phenoxy) is 1. The molecule has 8 nitrogen and oxygen atoms in total. The van der Waals surface area contributed by atoms with Crippen molar-refractivity contribution in [1.82, 2.24) is 9.21 Å². The molecule has 3 atom stereocenters. The number of carbonyl (C=O) groups is 1. The Morgan fingerprint density at radius 2 is 1.94 bits per heavy atom. The third-order valence-corrected chi connectivity index (χ3v) is 8.21. The topological polar surface area (TPSA) is 107 Å². The van der Waals surface area contributed by atoms with Crippen LogP contribution in [0.1, 0.15) is 42.3 Å². The monoisotopic (exact) mass is 502 g/mol. The van der Waals surface area contributed by atoms with E-state index in [-0.39, 0.29) is 35.6 Å². The average Bonchev–Trinajstić information content (AvgIpc) is 2.81. The predicted molar refractivity (Wildman–Crippen MR) is 135 cm³/mol. The SMILES string of the molecule is CC=Cc1ccc2c(c1)O[C@H](CN(C)Cc1ccc(C(=O)O)cc1)[C@@H](C)CN([C@H](C)CO)S2(=O)=O. The third kappa shape index (κ3) is 6.29. The van der Waals surface area contributed by atoms with Crippen LogP contribution in [0.3, 0.4) is 0 Å². The van der Waals surface area contributed by atoms with Crippen LogP contribution in [-0.4, -0.2) is 72.7 Å². The maximum atomic E-state index is 13.5. The molecule has 0 bridgehead atoms. The molecule has 2 aromatic carbocycles. The van der Waals surface area contributed by atoms with Gasteiger partial charge in [-0.3, -0.25) is 4.90 Å². The highest BCUT2D eigenvalue weighted by molar-refractivity contribution is 7.89. The second kappa shape index (κ2) is 11.3. The number of rotatable bonds is 8. The summed E-state index contributed by atoms with van der Waals surface area (Å²) in [5.74, 6) is -0.824. The van der Waals surface area contributed by atoms with E-state index < -0.39 is 22.0 Å². The minimum absolute atomic E-state index is 0.0925. The van der Waals surface area contributed by atoms with Crippen molar-refractivity contribution in [3.05, 3.63) is 65.2 Å². The Morgan fingerprint density at radius 1 is 1.26 bits per heavy atom. The van der Waals surface area contributed by atoms with Crippen LogP contribution >= 0.6 is 0 Å². The maximum Gasteiger partial charge on any atom is 0.335 e. The Hall–Kier alpha value is -2.72. The summed E-state index contributed by atoms with van der Waals surface area (Å²) in [6.07, 6.45) is 3.44. The Kier molecular flexibility index (Phi) is 8.71. The van der Waals surface area contributed by atoms with Crippen LogP contribution < -0.4 is 4.74 Å². The molecule has 1 heterocycles. The largest absolute Gasteiger partial charge is 0.487 e. The summed E-state index contributed by atoms with van der Waals surface area (Å²) in [6.45, 7) is 6.57. The minimum atomic E-state index is -3.87. The highest BCUT2D eigenvalue weighted by Gasteiger charge is 2.38. The van der Waals surface area contributed by atoms with Crippen LogP contribution in [0.25, 0.3) is 6.08 Å². The van der Waals surface area contributed by atoms with Gasteiger partial charge in [0.25, 0.3) is 0 Å². The number of aliphatic hydroxyl groups excluding tert-OH is 1. The molecule has 3 rings (SSSR count). The van der Waals surface area contributed by atoms with Gasteiger partial charge in [0.1, 0.15) is 16.7 Å². The molecule has 9 heteroatoms. The number of fused-ring (bicyclic) bond motifs is 1. The summed E-state index contributed by atoms with van der Waals surface area (Å²) in [4.78, 5) is 13.3. The lowest BCUT2D eigenvalue weighted by Gasteiger charge is -2.37. The predicted octanol–water partition coefficient (Wildman–Crippen LogP) is 3.32. The molecule has 0 amide bonds. The van der Waals surface area contributed by atoms with Crippen molar-refractivity contribution in [2.75, 3.05) is 26.7 Å². The molecule has 190 valence electrons. The first-order valence-electron chi connectivity index (χ1n) is 11.6. The van der Waals surface area contributed by atoms with E-state index in [1.807, 2.05) is 33.0 Å². The first-order valence-corrected chi connectivity index (χ1v) is 13.1. The summed E-state index contributed by atoms with van der Waals surface area (Å²) < 4.78 is 34.7. The number of aromatic carboxylic acids is 1. The van der Waals surface area contributed by atoms with E-state index in [0.29, 0.717) is 18.8 Å². The summed E-state index contributed by atoms with van der Waals surface area (Å²) in [6, 6.07) is 11.2. The van der Waals surface area contributed by atoms with E-state index in [9.17, 15) is 18.3 Å². The number of aliphatic hydroxyl groups is 1. The lowest BCUT2D eigenvalue weighted by atomic mass is 10.0. The Balaban J connectivity index is 1.91. The first-order chi connectivity index (χ1) is 16.6. The van der Waals surface area contributed by atoms with Crippen molar-refractivity contribution in [3.8, 4) is 5.75 Å². The van der Waals surface area contributed by atoms with Gasteiger partial charge in [0, 0.05) is 31.6 Å². The van der Waals surface area contributed by atoms with Crippen molar-refractivity contribution in [1.29, 1.82) is 0 Å². The fraction of sp³-hybridized carbons (Fsp3) is 0.423. The van der Waals surface area contributed by atoms with Gasteiger partial charge in [-0.05, 0) is 56.3 Å². The zero-order chi connectivity index (χ0) is 25.8. The second-order valence-corrected chi connectivity index (χ2v) is 11.0. The number of likely N-dealkylation sites (N-methyl/N-ethyl adjacent to an activating group) is 1. The van der Waals surface area contributed by atoms with Crippen LogP contribution in [0.15, 0.2) is 53.4 Å². The minimum Gasteiger partial charge on any atom is -0.487 e. The molecule has 35 heavy (non-hydrogen) atoms. The molecule has 2 aromatic rings. The summed E-state index contributed by atoms with van der Waals surface area (Å²) in [7, 11) is -1.92. The molecule has 1 aliphatic rings. The summed E-state index contributed by atoms with van der Waals surface area (Å²) in [5, 5.41) is 18.9. The van der Waals surface area contributed by atoms with Gasteiger partial charge in [0.15, 0.2) is 0 Å². The maximum absolute atomic E-state index is 13.5. The van der Waals surface area contributed by atoms with E-state index in [0.717, 1.165) is 11.1 Å². The molecule has 0 saturated heterocycles. The molecule has 0 fully saturated rings. The molecule has 0 aliphatic carbocycles. The van der Waals surface area contributed by atoms with Gasteiger partial charge in [-0.15, -0.1) is 0 Å². The van der Waals surface area contributed by atoms with Crippen LogP contribution in [0, 0.1) is 5.92 Å². The fourth-order valence-corrected chi connectivity index (χ4v) is 6.02. The molecule has 0 unspecified atom stereocenters. The van der Waals surface area contributed by atoms with E-state index in [4.69, 9.17) is 9.84 Å². The highest BCUT2D eigenvalue weighted by atomic mass is 32.2. The van der Waals surface area contributed by atoms with Gasteiger partial charge < -0.3 is 14.9 Å². The number of hydrogen-bond acceptors (Lipinski definition) is 6. The van der Waals surface area contributed by atoms with Crippen LogP contribution in [0.5, 0.6) is 5.75 Å². The molecule has 0 saturated carbocycles. The van der Waals surface area contributed by atoms with Crippen LogP contribution in [-0.2, 0) is 16.6 Å². The number of hydrogen-bond donors (Lipinski definition) is 2. The first kappa shape index (κ1) is 26.9. The summed E-state index contributed by atoms with van der Waals surface area (Å²) in [5.41, 5.74) is 2.04. The quantitative estimate of drug-likeness (QED) is 0.570. The van der Waals surface area contributed by atoms with Crippen molar-refractivity contribution in [2.24, 2.45) is 5.92 Å². The molecule has 2 N–H and O–H groups in total. The molecule has 0 radical (unpaired) electrons. The molecular weight excluding hydrogens is 468 g/mol. The number of carboxylic acids is 1. The lowest BCUT2D eigenvalue weighted by Crippen LogP contribution is -2.49. The van der Waals surface area contributed by atoms with Crippen molar-refractivity contribution < 1.29 is 28.2 Å². The van der Waals surface area contributed by atoms with Gasteiger partial charge in [-0.2, -0.15) is 4.31 Å². The highest BCUT2D eigenvalue weighted by Crippen LogP contribution is 2.34. The van der Waals surface area contributed by atoms with Crippen molar-refractivity contribution in [3.63, 3.8) is 0 Å². The number of allylic oxidation sites excluding steroid dienone is 1. The van der Waals surface area contributed by atoms with Crippen molar-refractivity contribution in [2.45, 2.75) is 44.4 Å². The van der Waals surface area contributed by atoms with E-state index in [1.54, 1.807) is 49.4 Å². The number of sulfonamides is 1. The van der Waals surface area contributed by atoms with Crippen LogP contribution in [0.2, 0.25) is 0 Å². The zero-order valence-electron chi connectivity index (χ0n) is 20.6. The Bertz CT molecular complexity index is 1160. The smallest absolute Gasteiger partial charge is 0.335 e. The Labute approximate surface area is 207 Å². The molecule has 0 aromatic heterocycles. The van der Waals surface area contributed by atoms with E-state index >= 15 is 0 Å². The fourth-order valence-electron chi connectivity index (χ4n) is 4.19. The molecular formula is C26H34N2O6S. The number of carboxylic acid groups (broad SMARTS) is 1. The zero-order valence-corrected chi connectivity index (χ0v) is 21.4. The third-order valence-electron chi connectivity index (χ3n) is 6.20. The van der Waals surface area contributed by atoms with E-state index in [2.05, 4.69) is 4.90 Å². The van der Waals surface area contributed by atoms with Gasteiger partial charge in [0.05, 0.1) is 12.2 Å². The number of nitrogens with zero attached hydrogens (tertiary/aromatic N) is 2. The average molecular weight is 503 g/mol. The molecule has 0 spiro atoms. The number of benzene rings is 2. The van der Waals surface area contributed by atoms with E-state index in [1.165, 1.54) is 4.31 Å². The van der Waals surface area contributed by atoms with Gasteiger partial charge in [-0.1, -0.05) is 37.3 Å². The summed E-state index contributed by atoms with van der Waals surface area (Å²) >= 11 is 0. The molecule has 1 aliphatic heterocycles.